The zero-order valence-corrected chi connectivity index (χ0v) is 18.1. The van der Waals surface area contributed by atoms with Crippen molar-refractivity contribution in [2.45, 2.75) is 52.0 Å². The van der Waals surface area contributed by atoms with Crippen molar-refractivity contribution in [2.24, 2.45) is 0 Å². The minimum Gasteiger partial charge on any atom is -0.325 e. The second-order valence-corrected chi connectivity index (χ2v) is 8.97. The van der Waals surface area contributed by atoms with E-state index in [4.69, 9.17) is 0 Å². The largest absolute Gasteiger partial charge is 0.325 e. The van der Waals surface area contributed by atoms with E-state index in [0.29, 0.717) is 11.7 Å². The maximum atomic E-state index is 12.4. The number of rotatable bonds is 6. The van der Waals surface area contributed by atoms with Crippen LogP contribution in [0.3, 0.4) is 0 Å². The molecule has 0 aliphatic rings. The zero-order chi connectivity index (χ0) is 19.6. The number of fused-ring (bicyclic) bond motifs is 1. The molecule has 0 radical (unpaired) electrons. The summed E-state index contributed by atoms with van der Waals surface area (Å²) in [6.45, 7) is 10.5. The van der Waals surface area contributed by atoms with Crippen molar-refractivity contribution in [1.29, 1.82) is 0 Å². The molecule has 6 heteroatoms. The predicted molar refractivity (Wildman–Crippen MR) is 116 cm³/mol. The first-order valence-electron chi connectivity index (χ1n) is 9.16. The van der Waals surface area contributed by atoms with Crippen LogP contribution >= 0.6 is 23.1 Å². The molecule has 1 amide bonds. The summed E-state index contributed by atoms with van der Waals surface area (Å²) >= 11 is 3.16. The van der Waals surface area contributed by atoms with Crippen LogP contribution in [0.1, 0.15) is 48.0 Å². The Hall–Kier alpha value is -1.92. The van der Waals surface area contributed by atoms with Gasteiger partial charge in [0, 0.05) is 16.0 Å². The van der Waals surface area contributed by atoms with E-state index in [1.807, 2.05) is 19.1 Å². The second kappa shape index (κ2) is 8.40. The fraction of sp³-hybridized carbons (Fsp3) is 0.381. The van der Waals surface area contributed by atoms with Crippen LogP contribution < -0.4 is 5.32 Å². The van der Waals surface area contributed by atoms with E-state index < -0.39 is 0 Å². The number of hydrogen-bond acceptors (Lipinski definition) is 5. The van der Waals surface area contributed by atoms with E-state index in [9.17, 15) is 4.79 Å². The number of carbonyl (C=O) groups excluding carboxylic acids is 1. The molecule has 0 spiro atoms. The summed E-state index contributed by atoms with van der Waals surface area (Å²) in [6, 6.07) is 8.13. The Kier molecular flexibility index (Phi) is 6.17. The second-order valence-electron chi connectivity index (χ2n) is 6.81. The molecule has 3 aromatic rings. The Labute approximate surface area is 168 Å². The van der Waals surface area contributed by atoms with Crippen LogP contribution in [0.4, 0.5) is 5.69 Å². The number of amides is 1. The number of nitrogens with zero attached hydrogens (tertiary/aromatic N) is 2. The van der Waals surface area contributed by atoms with E-state index in [1.165, 1.54) is 27.8 Å². The smallest absolute Gasteiger partial charge is 0.234 e. The van der Waals surface area contributed by atoms with Gasteiger partial charge in [0.15, 0.2) is 0 Å². The summed E-state index contributed by atoms with van der Waals surface area (Å²) in [7, 11) is 0. The number of aromatic nitrogens is 2. The molecule has 0 saturated carbocycles. The van der Waals surface area contributed by atoms with E-state index in [0.717, 1.165) is 33.2 Å². The van der Waals surface area contributed by atoms with Crippen LogP contribution in [0.15, 0.2) is 29.3 Å². The number of carbonyl (C=O) groups is 1. The monoisotopic (exact) mass is 399 g/mol. The Bertz CT molecular complexity index is 964. The van der Waals surface area contributed by atoms with Crippen molar-refractivity contribution in [3.63, 3.8) is 0 Å². The fourth-order valence-electron chi connectivity index (χ4n) is 2.88. The molecular weight excluding hydrogens is 374 g/mol. The zero-order valence-electron chi connectivity index (χ0n) is 16.4. The number of thioether (sulfide) groups is 1. The molecule has 3 rings (SSSR count). The topological polar surface area (TPSA) is 54.9 Å². The molecule has 0 aliphatic heterocycles. The van der Waals surface area contributed by atoms with Gasteiger partial charge in [-0.25, -0.2) is 9.97 Å². The van der Waals surface area contributed by atoms with E-state index >= 15 is 0 Å². The van der Waals surface area contributed by atoms with Gasteiger partial charge in [-0.05, 0) is 56.4 Å². The van der Waals surface area contributed by atoms with Crippen LogP contribution in [0.25, 0.3) is 10.2 Å². The van der Waals surface area contributed by atoms with Crippen molar-refractivity contribution in [3.05, 3.63) is 46.1 Å². The lowest BCUT2D eigenvalue weighted by molar-refractivity contribution is -0.113. The maximum Gasteiger partial charge on any atom is 0.234 e. The average Bonchev–Trinajstić information content (AvgIpc) is 2.93. The van der Waals surface area contributed by atoms with Crippen LogP contribution in [-0.4, -0.2) is 21.6 Å². The Morgan fingerprint density at radius 2 is 1.89 bits per heavy atom. The first-order chi connectivity index (χ1) is 12.9. The summed E-state index contributed by atoms with van der Waals surface area (Å²) in [5.74, 6) is 1.58. The summed E-state index contributed by atoms with van der Waals surface area (Å²) < 4.78 is 0. The van der Waals surface area contributed by atoms with Gasteiger partial charge in [-0.1, -0.05) is 37.7 Å². The predicted octanol–water partition coefficient (Wildman–Crippen LogP) is 5.86. The summed E-state index contributed by atoms with van der Waals surface area (Å²) in [4.78, 5) is 23.8. The van der Waals surface area contributed by atoms with Crippen LogP contribution in [-0.2, 0) is 4.79 Å². The molecule has 2 aromatic heterocycles. The molecule has 1 atom stereocenters. The number of nitrogens with one attached hydrogen (secondary N) is 1. The molecule has 0 fully saturated rings. The molecule has 4 nitrogen and oxygen atoms in total. The third-order valence-electron chi connectivity index (χ3n) is 4.82. The maximum absolute atomic E-state index is 12.4. The van der Waals surface area contributed by atoms with E-state index in [1.54, 1.807) is 11.3 Å². The van der Waals surface area contributed by atoms with Crippen LogP contribution in [0, 0.1) is 20.8 Å². The van der Waals surface area contributed by atoms with Gasteiger partial charge in [0.05, 0.1) is 5.75 Å². The lowest BCUT2D eigenvalue weighted by Gasteiger charge is -2.10. The standard InChI is InChI=1S/C21H25N3OS2/c1-6-12(2)16-7-9-17(10-8-16)24-18(25)11-26-20-19-13(3)14(4)27-21(19)23-15(5)22-20/h7-10,12H,6,11H2,1-5H3,(H,24,25)/t12-/m0/s1. The van der Waals surface area contributed by atoms with Crippen LogP contribution in [0.2, 0.25) is 0 Å². The number of hydrogen-bond donors (Lipinski definition) is 1. The first kappa shape index (κ1) is 19.8. The minimum absolute atomic E-state index is 0.0229. The van der Waals surface area contributed by atoms with E-state index in [-0.39, 0.29) is 5.91 Å². The number of aryl methyl sites for hydroxylation is 3. The van der Waals surface area contributed by atoms with Gasteiger partial charge in [-0.15, -0.1) is 11.3 Å². The van der Waals surface area contributed by atoms with Crippen molar-refractivity contribution < 1.29 is 4.79 Å². The molecule has 0 aliphatic carbocycles. The highest BCUT2D eigenvalue weighted by Gasteiger charge is 2.15. The van der Waals surface area contributed by atoms with Gasteiger partial charge in [0.2, 0.25) is 5.91 Å². The molecule has 1 N–H and O–H groups in total. The lowest BCUT2D eigenvalue weighted by Crippen LogP contribution is -2.14. The van der Waals surface area contributed by atoms with Gasteiger partial charge in [0.25, 0.3) is 0 Å². The fourth-order valence-corrected chi connectivity index (χ4v) is 4.95. The molecule has 0 saturated heterocycles. The van der Waals surface area contributed by atoms with Gasteiger partial charge in [0.1, 0.15) is 15.7 Å². The van der Waals surface area contributed by atoms with Crippen molar-refractivity contribution >= 4 is 44.9 Å². The van der Waals surface area contributed by atoms with Crippen molar-refractivity contribution in [1.82, 2.24) is 9.97 Å². The van der Waals surface area contributed by atoms with Crippen LogP contribution in [0.5, 0.6) is 0 Å². The highest BCUT2D eigenvalue weighted by molar-refractivity contribution is 8.00. The first-order valence-corrected chi connectivity index (χ1v) is 11.0. The normalized spacial score (nSPS) is 12.3. The lowest BCUT2D eigenvalue weighted by atomic mass is 9.99. The molecule has 142 valence electrons. The quantitative estimate of drug-likeness (QED) is 0.416. The van der Waals surface area contributed by atoms with Gasteiger partial charge in [-0.2, -0.15) is 0 Å². The summed E-state index contributed by atoms with van der Waals surface area (Å²) in [5, 5.41) is 4.95. The number of thiophene rings is 1. The Morgan fingerprint density at radius 1 is 1.19 bits per heavy atom. The molecule has 0 bridgehead atoms. The molecule has 2 heterocycles. The molecule has 0 unspecified atom stereocenters. The average molecular weight is 400 g/mol. The summed E-state index contributed by atoms with van der Waals surface area (Å²) in [5.41, 5.74) is 3.34. The molecule has 27 heavy (non-hydrogen) atoms. The van der Waals surface area contributed by atoms with Gasteiger partial charge in [-0.3, -0.25) is 4.79 Å². The minimum atomic E-state index is -0.0229. The van der Waals surface area contributed by atoms with Crippen molar-refractivity contribution in [2.75, 3.05) is 11.1 Å². The highest BCUT2D eigenvalue weighted by atomic mass is 32.2. The summed E-state index contributed by atoms with van der Waals surface area (Å²) in [6.07, 6.45) is 1.11. The molecule has 1 aromatic carbocycles. The number of anilines is 1. The third kappa shape index (κ3) is 4.50. The Balaban J connectivity index is 1.68. The van der Waals surface area contributed by atoms with Gasteiger partial charge >= 0.3 is 0 Å². The molecular formula is C21H25N3OS2. The van der Waals surface area contributed by atoms with E-state index in [2.05, 4.69) is 55.1 Å². The SMILES string of the molecule is CC[C@H](C)c1ccc(NC(=O)CSc2nc(C)nc3sc(C)c(C)c23)cc1. The highest BCUT2D eigenvalue weighted by Crippen LogP contribution is 2.35. The van der Waals surface area contributed by atoms with Crippen molar-refractivity contribution in [3.8, 4) is 0 Å². The number of benzene rings is 1. The van der Waals surface area contributed by atoms with Gasteiger partial charge < -0.3 is 5.32 Å². The third-order valence-corrected chi connectivity index (χ3v) is 6.90. The Morgan fingerprint density at radius 3 is 2.56 bits per heavy atom.